The van der Waals surface area contributed by atoms with Crippen molar-refractivity contribution < 1.29 is 24.1 Å². The molecule has 0 amide bonds. The number of hydrogen-bond donors (Lipinski definition) is 1. The third kappa shape index (κ3) is 6.39. The zero-order valence-corrected chi connectivity index (χ0v) is 23.0. The molecule has 6 nitrogen and oxygen atoms in total. The van der Waals surface area contributed by atoms with Gasteiger partial charge in [0.25, 0.3) is 0 Å². The van der Waals surface area contributed by atoms with E-state index in [1.165, 1.54) is 7.11 Å². The number of methoxy groups -OCH3 is 1. The molecular weight excluding hydrogens is 514 g/mol. The van der Waals surface area contributed by atoms with E-state index in [4.69, 9.17) is 24.3 Å². The molecule has 5 rings (SSSR count). The van der Waals surface area contributed by atoms with E-state index in [-0.39, 0.29) is 13.0 Å². The number of carbonyl (C=O) groups is 1. The average Bonchev–Trinajstić information content (AvgIpc) is 3.43. The Hall–Kier alpha value is -4.68. The highest BCUT2D eigenvalue weighted by Crippen LogP contribution is 2.44. The topological polar surface area (TPSA) is 77.4 Å². The summed E-state index contributed by atoms with van der Waals surface area (Å²) in [5, 5.41) is 9.01. The molecule has 1 N–H and O–H groups in total. The Morgan fingerprint density at radius 2 is 1.51 bits per heavy atom. The second kappa shape index (κ2) is 13.1. The molecule has 0 aliphatic carbocycles. The number of ether oxygens (including phenoxy) is 3. The summed E-state index contributed by atoms with van der Waals surface area (Å²) in [7, 11) is 1.38. The van der Waals surface area contributed by atoms with Crippen LogP contribution >= 0.6 is 0 Å². The lowest BCUT2D eigenvalue weighted by atomic mass is 9.84. The number of aliphatic hydroxyl groups is 1. The van der Waals surface area contributed by atoms with Gasteiger partial charge in [0, 0.05) is 25.0 Å². The summed E-state index contributed by atoms with van der Waals surface area (Å²) in [4.78, 5) is 18.5. The molecule has 0 fully saturated rings. The van der Waals surface area contributed by atoms with Crippen molar-refractivity contribution in [2.24, 2.45) is 4.99 Å². The highest BCUT2D eigenvalue weighted by molar-refractivity contribution is 6.00. The first-order valence-corrected chi connectivity index (χ1v) is 13.7. The summed E-state index contributed by atoms with van der Waals surface area (Å²) >= 11 is 0. The molecule has 2 atom stereocenters. The molecule has 1 aliphatic heterocycles. The minimum Gasteiger partial charge on any atom is -0.494 e. The fraction of sp³-hybridized carbons (Fsp3) is 0.200. The SMILES string of the molecule is COC(=O)[C@]1(C/C=C/c2ccccc2)N=C(c2ccc(OCCCO)cc2)O[C@@H]1c1ccc(-c2ccccc2)cc1. The van der Waals surface area contributed by atoms with E-state index in [2.05, 4.69) is 12.1 Å². The Bertz CT molecular complexity index is 1480. The third-order valence-corrected chi connectivity index (χ3v) is 7.04. The Morgan fingerprint density at radius 3 is 2.17 bits per heavy atom. The Balaban J connectivity index is 1.50. The molecule has 4 aromatic rings. The maximum Gasteiger partial charge on any atom is 0.338 e. The number of aliphatic hydroxyl groups excluding tert-OH is 1. The summed E-state index contributed by atoms with van der Waals surface area (Å²) in [5.74, 6) is 0.577. The second-order valence-electron chi connectivity index (χ2n) is 9.79. The Kier molecular flexibility index (Phi) is 8.92. The van der Waals surface area contributed by atoms with Crippen molar-refractivity contribution in [3.05, 3.63) is 132 Å². The molecule has 0 bridgehead atoms. The van der Waals surface area contributed by atoms with E-state index in [9.17, 15) is 4.79 Å². The van der Waals surface area contributed by atoms with Crippen LogP contribution in [-0.4, -0.2) is 42.8 Å². The third-order valence-electron chi connectivity index (χ3n) is 7.04. The largest absolute Gasteiger partial charge is 0.494 e. The number of carbonyl (C=O) groups excluding carboxylic acids is 1. The number of rotatable bonds is 11. The molecule has 0 spiro atoms. The lowest BCUT2D eigenvalue weighted by Crippen LogP contribution is -2.41. The van der Waals surface area contributed by atoms with Gasteiger partial charge in [-0.3, -0.25) is 0 Å². The molecule has 41 heavy (non-hydrogen) atoms. The molecule has 0 aromatic heterocycles. The van der Waals surface area contributed by atoms with Crippen molar-refractivity contribution in [1.29, 1.82) is 0 Å². The number of nitrogens with zero attached hydrogens (tertiary/aromatic N) is 1. The predicted molar refractivity (Wildman–Crippen MR) is 161 cm³/mol. The van der Waals surface area contributed by atoms with Crippen molar-refractivity contribution in [3.63, 3.8) is 0 Å². The highest BCUT2D eigenvalue weighted by atomic mass is 16.5. The van der Waals surface area contributed by atoms with Gasteiger partial charge in [0.15, 0.2) is 6.10 Å². The van der Waals surface area contributed by atoms with Crippen molar-refractivity contribution >= 4 is 17.9 Å². The fourth-order valence-corrected chi connectivity index (χ4v) is 4.89. The second-order valence-corrected chi connectivity index (χ2v) is 9.79. The zero-order valence-electron chi connectivity index (χ0n) is 23.0. The normalized spacial score (nSPS) is 18.1. The van der Waals surface area contributed by atoms with E-state index < -0.39 is 17.6 Å². The van der Waals surface area contributed by atoms with Crippen LogP contribution in [0.2, 0.25) is 0 Å². The molecule has 4 aromatic carbocycles. The summed E-state index contributed by atoms with van der Waals surface area (Å²) in [6, 6.07) is 35.5. The van der Waals surface area contributed by atoms with Gasteiger partial charge in [-0.1, -0.05) is 97.1 Å². The van der Waals surface area contributed by atoms with Crippen molar-refractivity contribution in [3.8, 4) is 16.9 Å². The molecule has 1 aliphatic rings. The van der Waals surface area contributed by atoms with E-state index in [1.807, 2.05) is 109 Å². The van der Waals surface area contributed by atoms with Crippen LogP contribution in [0.3, 0.4) is 0 Å². The zero-order chi connectivity index (χ0) is 28.5. The molecule has 0 radical (unpaired) electrons. The minimum absolute atomic E-state index is 0.0742. The number of benzene rings is 4. The van der Waals surface area contributed by atoms with Crippen LogP contribution in [-0.2, 0) is 14.3 Å². The Morgan fingerprint density at radius 1 is 0.878 bits per heavy atom. The van der Waals surface area contributed by atoms with Crippen LogP contribution < -0.4 is 4.74 Å². The van der Waals surface area contributed by atoms with Crippen LogP contribution in [0.5, 0.6) is 5.75 Å². The van der Waals surface area contributed by atoms with E-state index in [0.29, 0.717) is 24.7 Å². The van der Waals surface area contributed by atoms with Crippen LogP contribution in [0.15, 0.2) is 120 Å². The first-order chi connectivity index (χ1) is 20.1. The fourth-order valence-electron chi connectivity index (χ4n) is 4.89. The van der Waals surface area contributed by atoms with Gasteiger partial charge < -0.3 is 19.3 Å². The maximum absolute atomic E-state index is 13.5. The van der Waals surface area contributed by atoms with E-state index in [0.717, 1.165) is 27.8 Å². The van der Waals surface area contributed by atoms with Gasteiger partial charge in [0.1, 0.15) is 5.75 Å². The number of esters is 1. The first kappa shape index (κ1) is 27.9. The number of hydrogen-bond acceptors (Lipinski definition) is 6. The summed E-state index contributed by atoms with van der Waals surface area (Å²) in [6.45, 7) is 0.498. The van der Waals surface area contributed by atoms with E-state index >= 15 is 0 Å². The van der Waals surface area contributed by atoms with Gasteiger partial charge in [-0.2, -0.15) is 0 Å². The van der Waals surface area contributed by atoms with Crippen LogP contribution in [0.1, 0.15) is 35.6 Å². The van der Waals surface area contributed by atoms with Crippen LogP contribution in [0.4, 0.5) is 0 Å². The summed E-state index contributed by atoms with van der Waals surface area (Å²) < 4.78 is 17.5. The molecule has 1 heterocycles. The Labute approximate surface area is 240 Å². The van der Waals surface area contributed by atoms with Crippen molar-refractivity contribution in [2.75, 3.05) is 20.3 Å². The standard InChI is InChI=1S/C35H33NO5/c1-39-34(38)35(23-8-12-26-10-4-2-5-11-26)32(29-17-15-28(16-18-29)27-13-6-3-7-14-27)41-33(36-35)30-19-21-31(22-20-30)40-25-9-24-37/h2-8,10-22,32,37H,9,23-25H2,1H3/b12-8+/t32-,35-/m1/s1. The van der Waals surface area contributed by atoms with Crippen LogP contribution in [0, 0.1) is 0 Å². The maximum atomic E-state index is 13.5. The highest BCUT2D eigenvalue weighted by Gasteiger charge is 2.53. The van der Waals surface area contributed by atoms with Crippen LogP contribution in [0.25, 0.3) is 17.2 Å². The lowest BCUT2D eigenvalue weighted by molar-refractivity contribution is -0.149. The van der Waals surface area contributed by atoms with Gasteiger partial charge in [-0.15, -0.1) is 0 Å². The summed E-state index contributed by atoms with van der Waals surface area (Å²) in [5.41, 5.74) is 3.43. The van der Waals surface area contributed by atoms with Gasteiger partial charge in [-0.25, -0.2) is 9.79 Å². The molecule has 6 heteroatoms. The molecule has 0 saturated heterocycles. The average molecular weight is 548 g/mol. The van der Waals surface area contributed by atoms with E-state index in [1.54, 1.807) is 0 Å². The quantitative estimate of drug-likeness (QED) is 0.168. The molecule has 0 unspecified atom stereocenters. The number of aliphatic imine (C=N–C) groups is 1. The van der Waals surface area contributed by atoms with Gasteiger partial charge in [-0.05, 0) is 46.5 Å². The van der Waals surface area contributed by atoms with Gasteiger partial charge in [0.2, 0.25) is 11.4 Å². The smallest absolute Gasteiger partial charge is 0.338 e. The lowest BCUT2D eigenvalue weighted by Gasteiger charge is -2.28. The molecule has 208 valence electrons. The molecule has 0 saturated carbocycles. The first-order valence-electron chi connectivity index (χ1n) is 13.7. The van der Waals surface area contributed by atoms with Crippen molar-refractivity contribution in [2.45, 2.75) is 24.5 Å². The predicted octanol–water partition coefficient (Wildman–Crippen LogP) is 6.65. The van der Waals surface area contributed by atoms with Crippen molar-refractivity contribution in [1.82, 2.24) is 0 Å². The monoisotopic (exact) mass is 547 g/mol. The summed E-state index contributed by atoms with van der Waals surface area (Å²) in [6.07, 6.45) is 4.07. The van der Waals surface area contributed by atoms with Gasteiger partial charge >= 0.3 is 5.97 Å². The van der Waals surface area contributed by atoms with Gasteiger partial charge in [0.05, 0.1) is 13.7 Å². The molecular formula is C35H33NO5. The minimum atomic E-state index is -1.32.